The highest BCUT2D eigenvalue weighted by Crippen LogP contribution is 2.29. The van der Waals surface area contributed by atoms with Crippen molar-refractivity contribution in [2.75, 3.05) is 6.54 Å². The lowest BCUT2D eigenvalue weighted by atomic mass is 9.95. The smallest absolute Gasteiger partial charge is 0.207 e. The SMILES string of the molecule is C=C(C)CNS(=O)(=O)c1c(C)c(C)c(C)c(C)c1C. The molecule has 0 bridgehead atoms. The van der Waals surface area contributed by atoms with Crippen molar-refractivity contribution in [2.24, 2.45) is 0 Å². The van der Waals surface area contributed by atoms with Crippen LogP contribution in [0.25, 0.3) is 0 Å². The van der Waals surface area contributed by atoms with Crippen molar-refractivity contribution in [3.8, 4) is 0 Å². The minimum absolute atomic E-state index is 0.271. The molecule has 0 aliphatic heterocycles. The Labute approximate surface area is 116 Å². The van der Waals surface area contributed by atoms with Crippen LogP contribution >= 0.6 is 0 Å². The molecule has 1 rings (SSSR count). The lowest BCUT2D eigenvalue weighted by molar-refractivity contribution is 0.583. The summed E-state index contributed by atoms with van der Waals surface area (Å²) in [6, 6.07) is 0. The van der Waals surface area contributed by atoms with Crippen LogP contribution in [0.4, 0.5) is 0 Å². The van der Waals surface area contributed by atoms with Gasteiger partial charge in [-0.15, -0.1) is 0 Å². The molecule has 0 aliphatic rings. The summed E-state index contributed by atoms with van der Waals surface area (Å²) in [5.74, 6) is 0. The van der Waals surface area contributed by atoms with E-state index in [2.05, 4.69) is 11.3 Å². The van der Waals surface area contributed by atoms with Crippen LogP contribution in [0.3, 0.4) is 0 Å². The fourth-order valence-electron chi connectivity index (χ4n) is 2.16. The Morgan fingerprint density at radius 2 is 1.32 bits per heavy atom. The fraction of sp³-hybridized carbons (Fsp3) is 0.467. The maximum Gasteiger partial charge on any atom is 0.241 e. The topological polar surface area (TPSA) is 46.2 Å². The van der Waals surface area contributed by atoms with E-state index in [0.717, 1.165) is 33.4 Å². The third kappa shape index (κ3) is 3.07. The second-order valence-corrected chi connectivity index (χ2v) is 6.94. The van der Waals surface area contributed by atoms with Crippen LogP contribution in [0.15, 0.2) is 17.0 Å². The minimum atomic E-state index is -3.49. The first-order valence-electron chi connectivity index (χ1n) is 6.30. The van der Waals surface area contributed by atoms with E-state index < -0.39 is 10.0 Å². The van der Waals surface area contributed by atoms with E-state index >= 15 is 0 Å². The van der Waals surface area contributed by atoms with Crippen LogP contribution in [-0.2, 0) is 10.0 Å². The summed E-state index contributed by atoms with van der Waals surface area (Å²) in [7, 11) is -3.49. The van der Waals surface area contributed by atoms with Gasteiger partial charge in [0, 0.05) is 6.54 Å². The Balaban J connectivity index is 3.47. The zero-order valence-corrected chi connectivity index (χ0v) is 13.5. The van der Waals surface area contributed by atoms with Gasteiger partial charge < -0.3 is 0 Å². The van der Waals surface area contributed by atoms with Gasteiger partial charge in [-0.05, 0) is 69.4 Å². The zero-order chi connectivity index (χ0) is 15.0. The molecule has 0 amide bonds. The molecule has 0 unspecified atom stereocenters. The van der Waals surface area contributed by atoms with Crippen LogP contribution in [0, 0.1) is 34.6 Å². The summed E-state index contributed by atoms with van der Waals surface area (Å²) in [6.45, 7) is 15.5. The highest BCUT2D eigenvalue weighted by Gasteiger charge is 2.23. The van der Waals surface area contributed by atoms with Crippen LogP contribution in [0.1, 0.15) is 34.7 Å². The van der Waals surface area contributed by atoms with Gasteiger partial charge in [-0.3, -0.25) is 0 Å². The molecule has 3 nitrogen and oxygen atoms in total. The third-order valence-electron chi connectivity index (χ3n) is 3.76. The van der Waals surface area contributed by atoms with E-state index in [4.69, 9.17) is 0 Å². The third-order valence-corrected chi connectivity index (χ3v) is 5.44. The van der Waals surface area contributed by atoms with Crippen molar-refractivity contribution >= 4 is 10.0 Å². The maximum absolute atomic E-state index is 12.4. The predicted molar refractivity (Wildman–Crippen MR) is 80.1 cm³/mol. The molecule has 0 saturated carbocycles. The van der Waals surface area contributed by atoms with Crippen molar-refractivity contribution in [1.82, 2.24) is 4.72 Å². The van der Waals surface area contributed by atoms with Crippen molar-refractivity contribution in [2.45, 2.75) is 46.4 Å². The summed E-state index contributed by atoms with van der Waals surface area (Å²) >= 11 is 0. The van der Waals surface area contributed by atoms with Crippen molar-refractivity contribution in [3.05, 3.63) is 40.0 Å². The summed E-state index contributed by atoms with van der Waals surface area (Å²) in [6.07, 6.45) is 0. The summed E-state index contributed by atoms with van der Waals surface area (Å²) < 4.78 is 27.5. The number of benzene rings is 1. The molecule has 0 aromatic heterocycles. The Bertz CT molecular complexity index is 599. The molecule has 19 heavy (non-hydrogen) atoms. The molecule has 0 spiro atoms. The number of sulfonamides is 1. The Morgan fingerprint density at radius 1 is 0.947 bits per heavy atom. The molecule has 4 heteroatoms. The van der Waals surface area contributed by atoms with Gasteiger partial charge in [-0.1, -0.05) is 12.2 Å². The van der Waals surface area contributed by atoms with Crippen LogP contribution in [0.5, 0.6) is 0 Å². The Hall–Kier alpha value is -1.13. The highest BCUT2D eigenvalue weighted by molar-refractivity contribution is 7.89. The second-order valence-electron chi connectivity index (χ2n) is 5.24. The van der Waals surface area contributed by atoms with E-state index in [9.17, 15) is 8.42 Å². The summed E-state index contributed by atoms with van der Waals surface area (Å²) in [5, 5.41) is 0. The number of hydrogen-bond acceptors (Lipinski definition) is 2. The largest absolute Gasteiger partial charge is 0.241 e. The fourth-order valence-corrected chi connectivity index (χ4v) is 3.85. The first-order valence-corrected chi connectivity index (χ1v) is 7.79. The molecule has 0 aliphatic carbocycles. The molecule has 0 radical (unpaired) electrons. The lowest BCUT2D eigenvalue weighted by Gasteiger charge is -2.19. The molecule has 0 fully saturated rings. The maximum atomic E-state index is 12.4. The van der Waals surface area contributed by atoms with E-state index in [1.807, 2.05) is 34.6 Å². The first kappa shape index (κ1) is 15.9. The molecule has 1 aromatic rings. The van der Waals surface area contributed by atoms with E-state index in [0.29, 0.717) is 4.90 Å². The standard InChI is InChI=1S/C15H23NO2S/c1-9(2)8-16-19(17,18)15-13(6)11(4)10(3)12(5)14(15)7/h16H,1,8H2,2-7H3. The molecule has 1 N–H and O–H groups in total. The molecular formula is C15H23NO2S. The van der Waals surface area contributed by atoms with Gasteiger partial charge in [0.15, 0.2) is 0 Å². The van der Waals surface area contributed by atoms with Crippen LogP contribution in [0.2, 0.25) is 0 Å². The molecule has 0 saturated heterocycles. The molecule has 1 aromatic carbocycles. The van der Waals surface area contributed by atoms with Gasteiger partial charge in [0.1, 0.15) is 0 Å². The van der Waals surface area contributed by atoms with E-state index in [1.54, 1.807) is 6.92 Å². The van der Waals surface area contributed by atoms with Crippen molar-refractivity contribution in [1.29, 1.82) is 0 Å². The molecule has 0 heterocycles. The number of hydrogen-bond donors (Lipinski definition) is 1. The van der Waals surface area contributed by atoms with Gasteiger partial charge >= 0.3 is 0 Å². The second kappa shape index (κ2) is 5.47. The van der Waals surface area contributed by atoms with E-state index in [-0.39, 0.29) is 6.54 Å². The number of nitrogens with one attached hydrogen (secondary N) is 1. The average Bonchev–Trinajstić information content (AvgIpc) is 2.31. The Kier molecular flexibility index (Phi) is 4.59. The van der Waals surface area contributed by atoms with Gasteiger partial charge in [0.25, 0.3) is 0 Å². The van der Waals surface area contributed by atoms with Gasteiger partial charge in [-0.25, -0.2) is 13.1 Å². The molecule has 0 atom stereocenters. The molecular weight excluding hydrogens is 258 g/mol. The van der Waals surface area contributed by atoms with Gasteiger partial charge in [0.2, 0.25) is 10.0 Å². The first-order chi connectivity index (χ1) is 8.59. The monoisotopic (exact) mass is 281 g/mol. The number of rotatable bonds is 4. The van der Waals surface area contributed by atoms with Crippen molar-refractivity contribution in [3.63, 3.8) is 0 Å². The highest BCUT2D eigenvalue weighted by atomic mass is 32.2. The predicted octanol–water partition coefficient (Wildman–Crippen LogP) is 3.08. The van der Waals surface area contributed by atoms with Crippen LogP contribution in [-0.4, -0.2) is 15.0 Å². The van der Waals surface area contributed by atoms with Crippen LogP contribution < -0.4 is 4.72 Å². The average molecular weight is 281 g/mol. The van der Waals surface area contributed by atoms with Gasteiger partial charge in [-0.2, -0.15) is 0 Å². The molecule has 106 valence electrons. The zero-order valence-electron chi connectivity index (χ0n) is 12.6. The Morgan fingerprint density at radius 3 is 1.68 bits per heavy atom. The minimum Gasteiger partial charge on any atom is -0.207 e. The quantitative estimate of drug-likeness (QED) is 0.862. The summed E-state index contributed by atoms with van der Waals surface area (Å²) in [4.78, 5) is 0.411. The summed E-state index contributed by atoms with van der Waals surface area (Å²) in [5.41, 5.74) is 5.69. The normalized spacial score (nSPS) is 11.7. The van der Waals surface area contributed by atoms with Gasteiger partial charge in [0.05, 0.1) is 4.90 Å². The van der Waals surface area contributed by atoms with Crippen molar-refractivity contribution < 1.29 is 8.42 Å². The van der Waals surface area contributed by atoms with E-state index in [1.165, 1.54) is 0 Å². The lowest BCUT2D eigenvalue weighted by Crippen LogP contribution is -2.27.